The van der Waals surface area contributed by atoms with E-state index in [1.54, 1.807) is 6.07 Å². The fourth-order valence-electron chi connectivity index (χ4n) is 3.06. The maximum atomic E-state index is 13.7. The highest BCUT2D eigenvalue weighted by molar-refractivity contribution is 9.09. The van der Waals surface area contributed by atoms with Gasteiger partial charge in [-0.3, -0.25) is 0 Å². The van der Waals surface area contributed by atoms with Crippen molar-refractivity contribution in [2.24, 2.45) is 5.41 Å². The van der Waals surface area contributed by atoms with Crippen LogP contribution in [0.3, 0.4) is 0 Å². The molecule has 0 amide bonds. The SMILES string of the molecule is CCC1(C(Br)Cc2ccc(F)cc2F)CCCC1. The van der Waals surface area contributed by atoms with Crippen LogP contribution in [0.1, 0.15) is 44.6 Å². The number of hydrogen-bond donors (Lipinski definition) is 0. The van der Waals surface area contributed by atoms with Crippen LogP contribution in [0.2, 0.25) is 0 Å². The summed E-state index contributed by atoms with van der Waals surface area (Å²) in [4.78, 5) is 0.275. The third-order valence-corrected chi connectivity index (χ3v) is 5.68. The molecule has 1 aromatic rings. The van der Waals surface area contributed by atoms with Gasteiger partial charge in [-0.05, 0) is 42.7 Å². The van der Waals surface area contributed by atoms with Crippen LogP contribution in [0, 0.1) is 17.0 Å². The molecule has 0 bridgehead atoms. The van der Waals surface area contributed by atoms with Gasteiger partial charge in [0.1, 0.15) is 11.6 Å². The number of rotatable bonds is 4. The van der Waals surface area contributed by atoms with E-state index in [0.717, 1.165) is 12.5 Å². The lowest BCUT2D eigenvalue weighted by Crippen LogP contribution is -2.29. The fourth-order valence-corrected chi connectivity index (χ4v) is 4.19. The summed E-state index contributed by atoms with van der Waals surface area (Å²) < 4.78 is 26.5. The first-order valence-electron chi connectivity index (χ1n) is 6.65. The maximum absolute atomic E-state index is 13.7. The molecule has 1 aliphatic carbocycles. The first-order chi connectivity index (χ1) is 8.57. The number of alkyl halides is 1. The molecule has 2 rings (SSSR count). The van der Waals surface area contributed by atoms with Gasteiger partial charge >= 0.3 is 0 Å². The van der Waals surface area contributed by atoms with Gasteiger partial charge in [0.15, 0.2) is 0 Å². The molecule has 100 valence electrons. The van der Waals surface area contributed by atoms with Crippen molar-refractivity contribution in [2.75, 3.05) is 0 Å². The highest BCUT2D eigenvalue weighted by atomic mass is 79.9. The van der Waals surface area contributed by atoms with E-state index in [0.29, 0.717) is 17.4 Å². The molecule has 0 heterocycles. The second kappa shape index (κ2) is 5.68. The van der Waals surface area contributed by atoms with Crippen molar-refractivity contribution >= 4 is 15.9 Å². The Kier molecular flexibility index (Phi) is 4.41. The van der Waals surface area contributed by atoms with Gasteiger partial charge in [-0.25, -0.2) is 8.78 Å². The van der Waals surface area contributed by atoms with Crippen molar-refractivity contribution in [1.82, 2.24) is 0 Å². The molecule has 1 saturated carbocycles. The molecule has 0 nitrogen and oxygen atoms in total. The minimum absolute atomic E-state index is 0.275. The van der Waals surface area contributed by atoms with Crippen LogP contribution in [0.25, 0.3) is 0 Å². The molecule has 1 unspecified atom stereocenters. The summed E-state index contributed by atoms with van der Waals surface area (Å²) in [5.41, 5.74) is 0.902. The average Bonchev–Trinajstić information content (AvgIpc) is 2.82. The van der Waals surface area contributed by atoms with Crippen LogP contribution in [0.4, 0.5) is 8.78 Å². The third-order valence-electron chi connectivity index (χ3n) is 4.38. The van der Waals surface area contributed by atoms with Gasteiger partial charge in [-0.1, -0.05) is 41.8 Å². The van der Waals surface area contributed by atoms with E-state index in [9.17, 15) is 8.78 Å². The maximum Gasteiger partial charge on any atom is 0.129 e. The van der Waals surface area contributed by atoms with Gasteiger partial charge in [-0.2, -0.15) is 0 Å². The predicted octanol–water partition coefficient (Wildman–Crippen LogP) is 5.24. The van der Waals surface area contributed by atoms with Crippen molar-refractivity contribution in [2.45, 2.75) is 50.3 Å². The summed E-state index contributed by atoms with van der Waals surface area (Å²) in [6, 6.07) is 3.88. The summed E-state index contributed by atoms with van der Waals surface area (Å²) in [6.45, 7) is 2.21. The van der Waals surface area contributed by atoms with Crippen molar-refractivity contribution in [1.29, 1.82) is 0 Å². The summed E-state index contributed by atoms with van der Waals surface area (Å²) in [7, 11) is 0. The molecule has 1 atom stereocenters. The summed E-state index contributed by atoms with van der Waals surface area (Å²) >= 11 is 3.75. The fraction of sp³-hybridized carbons (Fsp3) is 0.600. The molecule has 0 aliphatic heterocycles. The van der Waals surface area contributed by atoms with Crippen LogP contribution >= 0.6 is 15.9 Å². The summed E-state index contributed by atoms with van der Waals surface area (Å²) in [5.74, 6) is -0.933. The lowest BCUT2D eigenvalue weighted by molar-refractivity contribution is 0.274. The van der Waals surface area contributed by atoms with Crippen molar-refractivity contribution in [3.63, 3.8) is 0 Å². The molecule has 0 radical (unpaired) electrons. The van der Waals surface area contributed by atoms with Gasteiger partial charge in [0, 0.05) is 10.9 Å². The zero-order valence-corrected chi connectivity index (χ0v) is 12.3. The Morgan fingerprint density at radius 2 is 1.94 bits per heavy atom. The monoisotopic (exact) mass is 316 g/mol. The topological polar surface area (TPSA) is 0 Å². The first-order valence-corrected chi connectivity index (χ1v) is 7.57. The van der Waals surface area contributed by atoms with Crippen LogP contribution in [0.5, 0.6) is 0 Å². The minimum atomic E-state index is -0.506. The molecule has 1 aromatic carbocycles. The number of halogens is 3. The molecule has 0 aromatic heterocycles. The van der Waals surface area contributed by atoms with Crippen LogP contribution in [-0.2, 0) is 6.42 Å². The van der Waals surface area contributed by atoms with Crippen LogP contribution in [0.15, 0.2) is 18.2 Å². The number of hydrogen-bond acceptors (Lipinski definition) is 0. The molecule has 3 heteroatoms. The molecular formula is C15H19BrF2. The van der Waals surface area contributed by atoms with Crippen molar-refractivity contribution in [3.05, 3.63) is 35.4 Å². The van der Waals surface area contributed by atoms with Gasteiger partial charge in [-0.15, -0.1) is 0 Å². The van der Waals surface area contributed by atoms with E-state index in [1.807, 2.05) is 0 Å². The molecule has 18 heavy (non-hydrogen) atoms. The minimum Gasteiger partial charge on any atom is -0.207 e. The normalized spacial score (nSPS) is 20.0. The predicted molar refractivity (Wildman–Crippen MR) is 74.0 cm³/mol. The molecular weight excluding hydrogens is 298 g/mol. The smallest absolute Gasteiger partial charge is 0.129 e. The lowest BCUT2D eigenvalue weighted by atomic mass is 9.78. The summed E-state index contributed by atoms with van der Waals surface area (Å²) in [5, 5.41) is 0. The zero-order valence-electron chi connectivity index (χ0n) is 10.7. The van der Waals surface area contributed by atoms with Gasteiger partial charge < -0.3 is 0 Å². The second-order valence-corrected chi connectivity index (χ2v) is 6.44. The van der Waals surface area contributed by atoms with Crippen LogP contribution < -0.4 is 0 Å². The lowest BCUT2D eigenvalue weighted by Gasteiger charge is -2.33. The quantitative estimate of drug-likeness (QED) is 0.666. The third kappa shape index (κ3) is 2.76. The number of benzene rings is 1. The van der Waals surface area contributed by atoms with E-state index in [2.05, 4.69) is 22.9 Å². The Labute approximate surface area is 116 Å². The van der Waals surface area contributed by atoms with E-state index < -0.39 is 11.6 Å². The van der Waals surface area contributed by atoms with Crippen molar-refractivity contribution < 1.29 is 8.78 Å². The van der Waals surface area contributed by atoms with Gasteiger partial charge in [0.2, 0.25) is 0 Å². The Balaban J connectivity index is 2.12. The van der Waals surface area contributed by atoms with E-state index in [1.165, 1.54) is 31.7 Å². The standard InChI is InChI=1S/C15H19BrF2/c1-2-15(7-3-4-8-15)14(16)9-11-5-6-12(17)10-13(11)18/h5-6,10,14H,2-4,7-9H2,1H3. The Morgan fingerprint density at radius 1 is 1.28 bits per heavy atom. The largest absolute Gasteiger partial charge is 0.207 e. The van der Waals surface area contributed by atoms with E-state index in [4.69, 9.17) is 0 Å². The second-order valence-electron chi connectivity index (χ2n) is 5.33. The highest BCUT2D eigenvalue weighted by Gasteiger charge is 2.38. The van der Waals surface area contributed by atoms with E-state index >= 15 is 0 Å². The highest BCUT2D eigenvalue weighted by Crippen LogP contribution is 2.47. The molecule has 0 N–H and O–H groups in total. The van der Waals surface area contributed by atoms with Crippen LogP contribution in [-0.4, -0.2) is 4.83 Å². The zero-order chi connectivity index (χ0) is 13.2. The Bertz CT molecular complexity index is 411. The van der Waals surface area contributed by atoms with Gasteiger partial charge in [0.05, 0.1) is 0 Å². The molecule has 0 spiro atoms. The van der Waals surface area contributed by atoms with Gasteiger partial charge in [0.25, 0.3) is 0 Å². The van der Waals surface area contributed by atoms with E-state index in [-0.39, 0.29) is 4.83 Å². The molecule has 1 fully saturated rings. The van der Waals surface area contributed by atoms with Crippen molar-refractivity contribution in [3.8, 4) is 0 Å². The molecule has 0 saturated heterocycles. The first kappa shape index (κ1) is 14.0. The summed E-state index contributed by atoms with van der Waals surface area (Å²) in [6.07, 6.45) is 6.71. The Morgan fingerprint density at radius 3 is 2.50 bits per heavy atom. The average molecular weight is 317 g/mol. The Hall–Kier alpha value is -0.440. The molecule has 1 aliphatic rings.